The maximum atomic E-state index is 10.9. The fourth-order valence-electron chi connectivity index (χ4n) is 0.995. The van der Waals surface area contributed by atoms with E-state index < -0.39 is 10.2 Å². The van der Waals surface area contributed by atoms with Gasteiger partial charge in [-0.2, -0.15) is 8.42 Å². The van der Waals surface area contributed by atoms with E-state index in [1.165, 1.54) is 0 Å². The molecule has 8 heteroatoms. The van der Waals surface area contributed by atoms with Gasteiger partial charge in [0.2, 0.25) is 0 Å². The van der Waals surface area contributed by atoms with Crippen molar-refractivity contribution in [2.24, 2.45) is 14.5 Å². The highest BCUT2D eigenvalue weighted by Crippen LogP contribution is 2.07. The Morgan fingerprint density at radius 3 is 2.60 bits per heavy atom. The lowest BCUT2D eigenvalue weighted by Gasteiger charge is -2.02. The van der Waals surface area contributed by atoms with Crippen LogP contribution in [0.1, 0.15) is 0 Å². The van der Waals surface area contributed by atoms with Crippen molar-refractivity contribution in [3.63, 3.8) is 0 Å². The van der Waals surface area contributed by atoms with Crippen molar-refractivity contribution in [3.8, 4) is 0 Å². The normalized spacial score (nSPS) is 18.1. The van der Waals surface area contributed by atoms with Crippen LogP contribution >= 0.6 is 0 Å². The van der Waals surface area contributed by atoms with Crippen molar-refractivity contribution < 1.29 is 8.42 Å². The third kappa shape index (κ3) is 2.10. The van der Waals surface area contributed by atoms with Crippen molar-refractivity contribution >= 4 is 27.7 Å². The molecule has 0 aromatic carbocycles. The molecule has 1 aliphatic heterocycles. The van der Waals surface area contributed by atoms with E-state index in [0.29, 0.717) is 5.82 Å². The Bertz CT molecular complexity index is 534. The van der Waals surface area contributed by atoms with E-state index in [1.54, 1.807) is 24.4 Å². The van der Waals surface area contributed by atoms with Crippen molar-refractivity contribution in [2.75, 3.05) is 5.32 Å². The second-order valence-electron chi connectivity index (χ2n) is 2.70. The van der Waals surface area contributed by atoms with E-state index in [2.05, 4.69) is 19.1 Å². The minimum atomic E-state index is -3.80. The first-order valence-corrected chi connectivity index (χ1v) is 5.35. The Kier molecular flexibility index (Phi) is 2.12. The summed E-state index contributed by atoms with van der Waals surface area (Å²) in [6.45, 7) is 0. The summed E-state index contributed by atoms with van der Waals surface area (Å²) in [7, 11) is -3.80. The number of amidine groups is 2. The Labute approximate surface area is 86.0 Å². The van der Waals surface area contributed by atoms with Gasteiger partial charge in [-0.15, -0.1) is 8.80 Å². The minimum absolute atomic E-state index is 0.00583. The van der Waals surface area contributed by atoms with Gasteiger partial charge in [-0.05, 0) is 12.1 Å². The molecule has 1 aromatic heterocycles. The monoisotopic (exact) mass is 225 g/mol. The molecule has 15 heavy (non-hydrogen) atoms. The van der Waals surface area contributed by atoms with Crippen LogP contribution in [0.3, 0.4) is 0 Å². The molecule has 78 valence electrons. The zero-order valence-corrected chi connectivity index (χ0v) is 8.27. The van der Waals surface area contributed by atoms with Crippen LogP contribution in [0.15, 0.2) is 33.2 Å². The fourth-order valence-corrected chi connectivity index (χ4v) is 1.74. The van der Waals surface area contributed by atoms with Gasteiger partial charge in [-0.3, -0.25) is 0 Å². The molecule has 3 N–H and O–H groups in total. The number of hydrogen-bond donors (Lipinski definition) is 2. The molecule has 0 bridgehead atoms. The van der Waals surface area contributed by atoms with E-state index in [4.69, 9.17) is 5.73 Å². The van der Waals surface area contributed by atoms with Gasteiger partial charge in [0.25, 0.3) is 0 Å². The molecule has 0 unspecified atom stereocenters. The number of hydrogen-bond acceptors (Lipinski definition) is 5. The molecule has 0 spiro atoms. The summed E-state index contributed by atoms with van der Waals surface area (Å²) in [5, 5.41) is 2.65. The molecule has 2 heterocycles. The van der Waals surface area contributed by atoms with Crippen LogP contribution in [-0.4, -0.2) is 25.1 Å². The molecule has 1 aliphatic rings. The zero-order chi connectivity index (χ0) is 10.9. The van der Waals surface area contributed by atoms with Crippen LogP contribution in [0, 0.1) is 0 Å². The predicted molar refractivity (Wildman–Crippen MR) is 55.8 cm³/mol. The van der Waals surface area contributed by atoms with Crippen molar-refractivity contribution in [2.45, 2.75) is 0 Å². The lowest BCUT2D eigenvalue weighted by atomic mass is 10.4. The summed E-state index contributed by atoms with van der Waals surface area (Å²) in [4.78, 5) is 3.93. The van der Waals surface area contributed by atoms with Gasteiger partial charge in [0.05, 0.1) is 0 Å². The first-order chi connectivity index (χ1) is 7.07. The summed E-state index contributed by atoms with van der Waals surface area (Å²) in [5.41, 5.74) is 5.35. The molecule has 0 radical (unpaired) electrons. The van der Waals surface area contributed by atoms with Crippen LogP contribution in [0.4, 0.5) is 5.82 Å². The third-order valence-electron chi connectivity index (χ3n) is 1.57. The van der Waals surface area contributed by atoms with E-state index in [0.717, 1.165) is 0 Å². The highest BCUT2D eigenvalue weighted by Gasteiger charge is 2.21. The number of nitrogens with one attached hydrogen (secondary N) is 1. The molecule has 0 aliphatic carbocycles. The average molecular weight is 225 g/mol. The van der Waals surface area contributed by atoms with Gasteiger partial charge in [0, 0.05) is 6.20 Å². The maximum Gasteiger partial charge on any atom is 0.367 e. The lowest BCUT2D eigenvalue weighted by Crippen LogP contribution is -2.28. The molecule has 0 fully saturated rings. The molecule has 2 rings (SSSR count). The molecular weight excluding hydrogens is 218 g/mol. The molecule has 0 saturated heterocycles. The summed E-state index contributed by atoms with van der Waals surface area (Å²) < 4.78 is 28.3. The van der Waals surface area contributed by atoms with Crippen LogP contribution in [0.25, 0.3) is 0 Å². The molecule has 0 saturated carbocycles. The quantitative estimate of drug-likeness (QED) is 0.670. The first-order valence-electron chi connectivity index (χ1n) is 3.95. The highest BCUT2D eigenvalue weighted by molar-refractivity contribution is 7.89. The van der Waals surface area contributed by atoms with Gasteiger partial charge in [0.1, 0.15) is 5.82 Å². The van der Waals surface area contributed by atoms with Gasteiger partial charge in [-0.25, -0.2) is 4.98 Å². The Balaban J connectivity index is 2.27. The molecular formula is C7H7N5O2S. The number of aromatic nitrogens is 1. The van der Waals surface area contributed by atoms with E-state index in [9.17, 15) is 8.42 Å². The van der Waals surface area contributed by atoms with Crippen LogP contribution in [0.5, 0.6) is 0 Å². The van der Waals surface area contributed by atoms with Crippen LogP contribution in [-0.2, 0) is 10.2 Å². The predicted octanol–water partition coefficient (Wildman–Crippen LogP) is -0.492. The number of anilines is 1. The van der Waals surface area contributed by atoms with E-state index in [1.807, 2.05) is 0 Å². The summed E-state index contributed by atoms with van der Waals surface area (Å²) in [5.74, 6) is 0.279. The molecule has 1 aromatic rings. The average Bonchev–Trinajstić information content (AvgIpc) is 2.41. The number of nitrogens with two attached hydrogens (primary N) is 1. The first kappa shape index (κ1) is 9.59. The number of rotatable bonds is 1. The molecule has 0 amide bonds. The maximum absolute atomic E-state index is 10.9. The SMILES string of the molecule is NC1=NS(=O)(=O)N=C1Nc1ccccn1. The van der Waals surface area contributed by atoms with Crippen molar-refractivity contribution in [1.82, 2.24) is 4.98 Å². The van der Waals surface area contributed by atoms with E-state index in [-0.39, 0.29) is 11.7 Å². The van der Waals surface area contributed by atoms with Crippen molar-refractivity contribution in [1.29, 1.82) is 0 Å². The highest BCUT2D eigenvalue weighted by atomic mass is 32.2. The van der Waals surface area contributed by atoms with Crippen molar-refractivity contribution in [3.05, 3.63) is 24.4 Å². The Morgan fingerprint density at radius 2 is 2.07 bits per heavy atom. The fraction of sp³-hybridized carbons (Fsp3) is 0. The second-order valence-corrected chi connectivity index (χ2v) is 3.97. The number of pyridine rings is 1. The van der Waals surface area contributed by atoms with Gasteiger partial charge in [0.15, 0.2) is 11.7 Å². The topological polar surface area (TPSA) is 110 Å². The third-order valence-corrected chi connectivity index (χ3v) is 2.42. The largest absolute Gasteiger partial charge is 0.380 e. The molecule has 0 atom stereocenters. The second kappa shape index (κ2) is 3.31. The summed E-state index contributed by atoms with van der Waals surface area (Å²) in [6, 6.07) is 5.13. The van der Waals surface area contributed by atoms with Gasteiger partial charge >= 0.3 is 10.2 Å². The Morgan fingerprint density at radius 1 is 1.27 bits per heavy atom. The summed E-state index contributed by atoms with van der Waals surface area (Å²) in [6.07, 6.45) is 1.56. The van der Waals surface area contributed by atoms with Gasteiger partial charge in [-0.1, -0.05) is 6.07 Å². The van der Waals surface area contributed by atoms with Crippen LogP contribution < -0.4 is 11.1 Å². The minimum Gasteiger partial charge on any atom is -0.380 e. The van der Waals surface area contributed by atoms with Crippen LogP contribution in [0.2, 0.25) is 0 Å². The molecule has 7 nitrogen and oxygen atoms in total. The standard InChI is InChI=1S/C7H7N5O2S/c8-6-7(12-15(13,14)11-6)10-5-3-1-2-4-9-5/h1-4H,(H2,8,11)(H,9,10,12). The lowest BCUT2D eigenvalue weighted by molar-refractivity contribution is 0.601. The zero-order valence-electron chi connectivity index (χ0n) is 7.45. The Hall–Kier alpha value is -1.96. The smallest absolute Gasteiger partial charge is 0.367 e. The summed E-state index contributed by atoms with van der Waals surface area (Å²) >= 11 is 0. The van der Waals surface area contributed by atoms with Gasteiger partial charge < -0.3 is 11.1 Å². The number of nitrogens with zero attached hydrogens (tertiary/aromatic N) is 3. The van der Waals surface area contributed by atoms with E-state index >= 15 is 0 Å².